The van der Waals surface area contributed by atoms with Gasteiger partial charge in [0.2, 0.25) is 0 Å². The molecule has 0 spiro atoms. The third kappa shape index (κ3) is 3.15. The normalized spacial score (nSPS) is 10.8. The summed E-state index contributed by atoms with van der Waals surface area (Å²) >= 11 is 0. The van der Waals surface area contributed by atoms with Gasteiger partial charge < -0.3 is 15.2 Å². The van der Waals surface area contributed by atoms with Gasteiger partial charge in [-0.1, -0.05) is 18.2 Å². The molecule has 0 atom stereocenters. The maximum Gasteiger partial charge on any atom is 0.303 e. The average Bonchev–Trinajstić information content (AvgIpc) is 2.93. The first-order chi connectivity index (χ1) is 11.6. The van der Waals surface area contributed by atoms with Gasteiger partial charge in [0.1, 0.15) is 0 Å². The lowest BCUT2D eigenvalue weighted by Crippen LogP contribution is -2.01. The number of hydrogen-bond acceptors (Lipinski definition) is 3. The number of aromatic nitrogens is 1. The Balaban J connectivity index is 1.99. The highest BCUT2D eigenvalue weighted by atomic mass is 16.4. The molecule has 122 valence electrons. The number of ketones is 1. The molecule has 0 fully saturated rings. The molecule has 0 aliphatic carbocycles. The molecular formula is C19H18N2O3. The minimum atomic E-state index is -0.813. The van der Waals surface area contributed by atoms with E-state index in [1.54, 1.807) is 24.3 Å². The molecule has 0 aliphatic heterocycles. The Morgan fingerprint density at radius 2 is 1.92 bits per heavy atom. The van der Waals surface area contributed by atoms with Crippen LogP contribution in [-0.2, 0) is 11.2 Å². The molecule has 3 rings (SSSR count). The van der Waals surface area contributed by atoms with Crippen LogP contribution in [0.3, 0.4) is 0 Å². The summed E-state index contributed by atoms with van der Waals surface area (Å²) in [7, 11) is 0. The summed E-state index contributed by atoms with van der Waals surface area (Å²) < 4.78 is 1.95. The maximum absolute atomic E-state index is 12.8. The second-order valence-electron chi connectivity index (χ2n) is 5.71. The Morgan fingerprint density at radius 3 is 2.67 bits per heavy atom. The van der Waals surface area contributed by atoms with Gasteiger partial charge in [-0.3, -0.25) is 9.59 Å². The molecule has 3 N–H and O–H groups in total. The van der Waals surface area contributed by atoms with Crippen molar-refractivity contribution in [2.24, 2.45) is 0 Å². The van der Waals surface area contributed by atoms with Crippen molar-refractivity contribution in [3.8, 4) is 0 Å². The molecule has 0 amide bonds. The summed E-state index contributed by atoms with van der Waals surface area (Å²) in [5.41, 5.74) is 9.21. The van der Waals surface area contributed by atoms with Crippen molar-refractivity contribution in [2.75, 3.05) is 5.73 Å². The minimum Gasteiger partial charge on any atom is -0.481 e. The molecule has 0 unspecified atom stereocenters. The van der Waals surface area contributed by atoms with E-state index in [2.05, 4.69) is 0 Å². The molecular weight excluding hydrogens is 304 g/mol. The summed E-state index contributed by atoms with van der Waals surface area (Å²) in [6.45, 7) is 0. The van der Waals surface area contributed by atoms with Crippen molar-refractivity contribution in [1.82, 2.24) is 4.40 Å². The van der Waals surface area contributed by atoms with Gasteiger partial charge in [0.25, 0.3) is 0 Å². The number of nitrogens with two attached hydrogens (primary N) is 1. The second-order valence-corrected chi connectivity index (χ2v) is 5.71. The van der Waals surface area contributed by atoms with Crippen LogP contribution in [0.25, 0.3) is 5.52 Å². The number of hydrogen-bond donors (Lipinski definition) is 2. The first-order valence-electron chi connectivity index (χ1n) is 7.77. The molecule has 2 heterocycles. The predicted molar refractivity (Wildman–Crippen MR) is 92.3 cm³/mol. The number of anilines is 1. The zero-order valence-corrected chi connectivity index (χ0v) is 13.1. The number of pyridine rings is 1. The number of nitrogen functional groups attached to an aromatic ring is 1. The summed E-state index contributed by atoms with van der Waals surface area (Å²) in [6, 6.07) is 14.4. The SMILES string of the molecule is Nc1cccc(C(=O)c2cc(CCCC(=O)O)n3ccccc23)c1. The standard InChI is InChI=1S/C19H18N2O3/c20-14-6-3-5-13(11-14)19(24)16-12-15(7-4-9-18(22)23)21-10-2-1-8-17(16)21/h1-3,5-6,8,10-12H,4,7,9,20H2,(H,22,23). The van der Waals surface area contributed by atoms with Crippen molar-refractivity contribution in [2.45, 2.75) is 19.3 Å². The third-order valence-electron chi connectivity index (χ3n) is 3.97. The van der Waals surface area contributed by atoms with Gasteiger partial charge in [0.05, 0.1) is 5.52 Å². The lowest BCUT2D eigenvalue weighted by molar-refractivity contribution is -0.137. The molecule has 0 saturated heterocycles. The fourth-order valence-electron chi connectivity index (χ4n) is 2.85. The minimum absolute atomic E-state index is 0.0875. The highest BCUT2D eigenvalue weighted by Crippen LogP contribution is 2.22. The van der Waals surface area contributed by atoms with Gasteiger partial charge in [-0.25, -0.2) is 0 Å². The van der Waals surface area contributed by atoms with E-state index in [0.29, 0.717) is 29.7 Å². The summed E-state index contributed by atoms with van der Waals surface area (Å²) in [4.78, 5) is 23.6. The van der Waals surface area contributed by atoms with E-state index in [1.165, 1.54) is 0 Å². The van der Waals surface area contributed by atoms with E-state index in [0.717, 1.165) is 11.2 Å². The first kappa shape index (κ1) is 15.8. The maximum atomic E-state index is 12.8. The number of nitrogens with zero attached hydrogens (tertiary/aromatic N) is 1. The van der Waals surface area contributed by atoms with E-state index in [4.69, 9.17) is 10.8 Å². The lowest BCUT2D eigenvalue weighted by Gasteiger charge is -2.02. The number of benzene rings is 1. The Bertz CT molecular complexity index is 912. The van der Waals surface area contributed by atoms with Crippen molar-refractivity contribution in [1.29, 1.82) is 0 Å². The van der Waals surface area contributed by atoms with Crippen molar-refractivity contribution in [3.05, 3.63) is 71.5 Å². The first-order valence-corrected chi connectivity index (χ1v) is 7.77. The largest absolute Gasteiger partial charge is 0.481 e. The monoisotopic (exact) mass is 322 g/mol. The van der Waals surface area contributed by atoms with Crippen molar-refractivity contribution < 1.29 is 14.7 Å². The second kappa shape index (κ2) is 6.58. The predicted octanol–water partition coefficient (Wildman–Crippen LogP) is 3.16. The quantitative estimate of drug-likeness (QED) is 0.539. The Hall–Kier alpha value is -3.08. The van der Waals surface area contributed by atoms with Crippen LogP contribution < -0.4 is 5.73 Å². The van der Waals surface area contributed by atoms with Crippen LogP contribution in [0.4, 0.5) is 5.69 Å². The number of aliphatic carboxylic acids is 1. The van der Waals surface area contributed by atoms with Gasteiger partial charge in [0, 0.05) is 35.1 Å². The van der Waals surface area contributed by atoms with Gasteiger partial charge in [-0.05, 0) is 43.2 Å². The topological polar surface area (TPSA) is 84.8 Å². The molecule has 5 heteroatoms. The van der Waals surface area contributed by atoms with E-state index in [1.807, 2.05) is 34.9 Å². The fraction of sp³-hybridized carbons (Fsp3) is 0.158. The molecule has 1 aromatic carbocycles. The van der Waals surface area contributed by atoms with E-state index in [9.17, 15) is 9.59 Å². The smallest absolute Gasteiger partial charge is 0.303 e. The number of fused-ring (bicyclic) bond motifs is 1. The number of carboxylic acid groups (broad SMARTS) is 1. The molecule has 0 radical (unpaired) electrons. The Morgan fingerprint density at radius 1 is 1.08 bits per heavy atom. The molecule has 0 saturated carbocycles. The molecule has 24 heavy (non-hydrogen) atoms. The fourth-order valence-corrected chi connectivity index (χ4v) is 2.85. The number of carbonyl (C=O) groups is 2. The van der Waals surface area contributed by atoms with E-state index >= 15 is 0 Å². The van der Waals surface area contributed by atoms with Crippen LogP contribution in [0.2, 0.25) is 0 Å². The van der Waals surface area contributed by atoms with Crippen molar-refractivity contribution in [3.63, 3.8) is 0 Å². The van der Waals surface area contributed by atoms with Crippen LogP contribution in [0.1, 0.15) is 34.5 Å². The summed E-state index contributed by atoms with van der Waals surface area (Å²) in [6.07, 6.45) is 3.13. The molecule has 2 aromatic heterocycles. The molecule has 3 aromatic rings. The Labute approximate surface area is 139 Å². The lowest BCUT2D eigenvalue weighted by atomic mass is 10.0. The van der Waals surface area contributed by atoms with Crippen LogP contribution in [0.15, 0.2) is 54.7 Å². The van der Waals surface area contributed by atoms with Gasteiger partial charge in [-0.15, -0.1) is 0 Å². The van der Waals surface area contributed by atoms with Gasteiger partial charge >= 0.3 is 5.97 Å². The number of aryl methyl sites for hydroxylation is 1. The molecule has 0 aliphatic rings. The summed E-state index contributed by atoms with van der Waals surface area (Å²) in [5.74, 6) is -0.901. The number of carboxylic acids is 1. The molecule has 0 bridgehead atoms. The number of rotatable bonds is 6. The van der Waals surface area contributed by atoms with Gasteiger partial charge in [-0.2, -0.15) is 0 Å². The highest BCUT2D eigenvalue weighted by molar-refractivity contribution is 6.13. The molecule has 5 nitrogen and oxygen atoms in total. The number of carbonyl (C=O) groups excluding carboxylic acids is 1. The average molecular weight is 322 g/mol. The third-order valence-corrected chi connectivity index (χ3v) is 3.97. The van der Waals surface area contributed by atoms with E-state index in [-0.39, 0.29) is 12.2 Å². The summed E-state index contributed by atoms with van der Waals surface area (Å²) in [5, 5.41) is 8.80. The van der Waals surface area contributed by atoms with Crippen LogP contribution in [0.5, 0.6) is 0 Å². The van der Waals surface area contributed by atoms with Crippen LogP contribution in [0, 0.1) is 0 Å². The van der Waals surface area contributed by atoms with Crippen molar-refractivity contribution >= 4 is 23.0 Å². The van der Waals surface area contributed by atoms with Gasteiger partial charge in [0.15, 0.2) is 5.78 Å². The highest BCUT2D eigenvalue weighted by Gasteiger charge is 2.17. The zero-order valence-electron chi connectivity index (χ0n) is 13.1. The van der Waals surface area contributed by atoms with Crippen LogP contribution >= 0.6 is 0 Å². The van der Waals surface area contributed by atoms with E-state index < -0.39 is 5.97 Å². The van der Waals surface area contributed by atoms with Crippen LogP contribution in [-0.4, -0.2) is 21.3 Å². The Kier molecular flexibility index (Phi) is 4.33. The zero-order chi connectivity index (χ0) is 17.1.